The molecule has 0 spiro atoms. The molecule has 2 rings (SSSR count). The highest BCUT2D eigenvalue weighted by molar-refractivity contribution is 7.91. The van der Waals surface area contributed by atoms with Gasteiger partial charge in [-0.1, -0.05) is 12.8 Å². The van der Waals surface area contributed by atoms with Gasteiger partial charge in [0.15, 0.2) is 9.84 Å². The standard InChI is InChI=1S/C12H21NO3S/c1-12(6-7-17(15,16)9-12)13-11(14)8-10-4-2-3-5-10/h10H,2-9H2,1H3,(H,13,14)/t12-/m0/s1. The first-order valence-corrected chi connectivity index (χ1v) is 8.22. The molecule has 17 heavy (non-hydrogen) atoms. The highest BCUT2D eigenvalue weighted by Gasteiger charge is 2.39. The van der Waals surface area contributed by atoms with Crippen molar-refractivity contribution >= 4 is 15.7 Å². The molecule has 2 aliphatic rings. The third-order valence-corrected chi connectivity index (χ3v) is 5.80. The Kier molecular flexibility index (Phi) is 3.48. The van der Waals surface area contributed by atoms with Gasteiger partial charge in [-0.15, -0.1) is 0 Å². The van der Waals surface area contributed by atoms with Crippen LogP contribution in [0.3, 0.4) is 0 Å². The molecular formula is C12H21NO3S. The number of carbonyl (C=O) groups is 1. The molecule has 1 aliphatic heterocycles. The monoisotopic (exact) mass is 259 g/mol. The van der Waals surface area contributed by atoms with E-state index < -0.39 is 15.4 Å². The van der Waals surface area contributed by atoms with Crippen molar-refractivity contribution in [1.82, 2.24) is 5.32 Å². The largest absolute Gasteiger partial charge is 0.350 e. The van der Waals surface area contributed by atoms with Gasteiger partial charge in [-0.2, -0.15) is 0 Å². The predicted molar refractivity (Wildman–Crippen MR) is 66.4 cm³/mol. The third-order valence-electron chi connectivity index (χ3n) is 3.89. The molecule has 4 nitrogen and oxygen atoms in total. The number of rotatable bonds is 3. The summed E-state index contributed by atoms with van der Waals surface area (Å²) in [5, 5.41) is 2.92. The number of nitrogens with one attached hydrogen (secondary N) is 1. The zero-order chi connectivity index (χ0) is 12.5. The number of carbonyl (C=O) groups excluding carboxylic acids is 1. The predicted octanol–water partition coefficient (Wildman–Crippen LogP) is 1.26. The maximum absolute atomic E-state index is 11.9. The van der Waals surface area contributed by atoms with Crippen LogP contribution in [-0.4, -0.2) is 31.4 Å². The lowest BCUT2D eigenvalue weighted by Crippen LogP contribution is -2.47. The molecule has 98 valence electrons. The Balaban J connectivity index is 1.86. The fourth-order valence-electron chi connectivity index (χ4n) is 2.97. The van der Waals surface area contributed by atoms with Crippen LogP contribution in [0.5, 0.6) is 0 Å². The third kappa shape index (κ3) is 3.44. The second-order valence-electron chi connectivity index (χ2n) is 5.81. The van der Waals surface area contributed by atoms with E-state index in [0.29, 0.717) is 18.8 Å². The summed E-state index contributed by atoms with van der Waals surface area (Å²) in [5.74, 6) is 0.831. The summed E-state index contributed by atoms with van der Waals surface area (Å²) >= 11 is 0. The first kappa shape index (κ1) is 12.9. The van der Waals surface area contributed by atoms with Crippen LogP contribution >= 0.6 is 0 Å². The molecule has 0 aromatic rings. The van der Waals surface area contributed by atoms with Crippen molar-refractivity contribution in [3.63, 3.8) is 0 Å². The van der Waals surface area contributed by atoms with Gasteiger partial charge in [0.05, 0.1) is 17.0 Å². The second-order valence-corrected chi connectivity index (χ2v) is 7.99. The second kappa shape index (κ2) is 4.59. The van der Waals surface area contributed by atoms with Crippen molar-refractivity contribution < 1.29 is 13.2 Å². The van der Waals surface area contributed by atoms with Crippen molar-refractivity contribution in [3.8, 4) is 0 Å². The molecule has 0 bridgehead atoms. The van der Waals surface area contributed by atoms with Gasteiger partial charge in [0.2, 0.25) is 5.91 Å². The number of hydrogen-bond donors (Lipinski definition) is 1. The molecule has 0 radical (unpaired) electrons. The molecule has 5 heteroatoms. The average molecular weight is 259 g/mol. The summed E-state index contributed by atoms with van der Waals surface area (Å²) < 4.78 is 22.8. The van der Waals surface area contributed by atoms with Crippen LogP contribution < -0.4 is 5.32 Å². The Bertz CT molecular complexity index is 398. The highest BCUT2D eigenvalue weighted by Crippen LogP contribution is 2.28. The van der Waals surface area contributed by atoms with Crippen molar-refractivity contribution in [2.45, 2.75) is 51.0 Å². The van der Waals surface area contributed by atoms with Crippen LogP contribution in [0.1, 0.15) is 45.4 Å². The van der Waals surface area contributed by atoms with Crippen molar-refractivity contribution in [2.24, 2.45) is 5.92 Å². The van der Waals surface area contributed by atoms with Gasteiger partial charge in [-0.05, 0) is 32.1 Å². The van der Waals surface area contributed by atoms with Crippen LogP contribution in [0.15, 0.2) is 0 Å². The van der Waals surface area contributed by atoms with Gasteiger partial charge in [-0.3, -0.25) is 4.79 Å². The molecular weight excluding hydrogens is 238 g/mol. The fourth-order valence-corrected chi connectivity index (χ4v) is 5.07. The Labute approximate surface area is 103 Å². The van der Waals surface area contributed by atoms with Crippen LogP contribution in [-0.2, 0) is 14.6 Å². The molecule has 0 aromatic carbocycles. The summed E-state index contributed by atoms with van der Waals surface area (Å²) in [5.41, 5.74) is -0.533. The molecule has 1 saturated carbocycles. The number of hydrogen-bond acceptors (Lipinski definition) is 3. The van der Waals surface area contributed by atoms with Gasteiger partial charge >= 0.3 is 0 Å². The Morgan fingerprint density at radius 2 is 2.00 bits per heavy atom. The fraction of sp³-hybridized carbons (Fsp3) is 0.917. The van der Waals surface area contributed by atoms with Crippen LogP contribution in [0.25, 0.3) is 0 Å². The highest BCUT2D eigenvalue weighted by atomic mass is 32.2. The Morgan fingerprint density at radius 3 is 2.53 bits per heavy atom. The topological polar surface area (TPSA) is 63.2 Å². The maximum atomic E-state index is 11.9. The minimum absolute atomic E-state index is 0.0245. The summed E-state index contributed by atoms with van der Waals surface area (Å²) in [6.45, 7) is 1.84. The van der Waals surface area contributed by atoms with E-state index in [0.717, 1.165) is 12.8 Å². The molecule has 1 heterocycles. The van der Waals surface area contributed by atoms with Crippen molar-refractivity contribution in [2.75, 3.05) is 11.5 Å². The van der Waals surface area contributed by atoms with Crippen LogP contribution in [0.4, 0.5) is 0 Å². The minimum Gasteiger partial charge on any atom is -0.350 e. The first-order chi connectivity index (χ1) is 7.89. The quantitative estimate of drug-likeness (QED) is 0.830. The Morgan fingerprint density at radius 1 is 1.35 bits per heavy atom. The molecule has 1 amide bonds. The SMILES string of the molecule is C[C@]1(NC(=O)CC2CCCC2)CCS(=O)(=O)C1. The molecule has 0 aromatic heterocycles. The maximum Gasteiger partial charge on any atom is 0.220 e. The molecule has 1 saturated heterocycles. The van der Waals surface area contributed by atoms with E-state index in [1.54, 1.807) is 0 Å². The average Bonchev–Trinajstić information content (AvgIpc) is 2.74. The number of amides is 1. The summed E-state index contributed by atoms with van der Waals surface area (Å²) in [7, 11) is -2.94. The lowest BCUT2D eigenvalue weighted by Gasteiger charge is -2.24. The minimum atomic E-state index is -2.94. The van der Waals surface area contributed by atoms with Crippen LogP contribution in [0, 0.1) is 5.92 Å². The first-order valence-electron chi connectivity index (χ1n) is 6.40. The molecule has 0 unspecified atom stereocenters. The smallest absolute Gasteiger partial charge is 0.220 e. The lowest BCUT2D eigenvalue weighted by molar-refractivity contribution is -0.123. The number of sulfone groups is 1. The summed E-state index contributed by atoms with van der Waals surface area (Å²) in [6, 6.07) is 0. The molecule has 1 N–H and O–H groups in total. The van der Waals surface area contributed by atoms with Gasteiger partial charge < -0.3 is 5.32 Å². The van der Waals surface area contributed by atoms with E-state index in [2.05, 4.69) is 5.32 Å². The van der Waals surface area contributed by atoms with E-state index in [9.17, 15) is 13.2 Å². The van der Waals surface area contributed by atoms with Crippen molar-refractivity contribution in [3.05, 3.63) is 0 Å². The zero-order valence-electron chi connectivity index (χ0n) is 10.4. The summed E-state index contributed by atoms with van der Waals surface area (Å²) in [4.78, 5) is 11.9. The Hall–Kier alpha value is -0.580. The molecule has 1 aliphatic carbocycles. The van der Waals surface area contributed by atoms with Gasteiger partial charge in [-0.25, -0.2) is 8.42 Å². The van der Waals surface area contributed by atoms with E-state index >= 15 is 0 Å². The van der Waals surface area contributed by atoms with Gasteiger partial charge in [0.25, 0.3) is 0 Å². The normalized spacial score (nSPS) is 32.8. The summed E-state index contributed by atoms with van der Waals surface area (Å²) in [6.07, 6.45) is 5.85. The van der Waals surface area contributed by atoms with E-state index in [-0.39, 0.29) is 17.4 Å². The van der Waals surface area contributed by atoms with E-state index in [4.69, 9.17) is 0 Å². The van der Waals surface area contributed by atoms with E-state index in [1.165, 1.54) is 12.8 Å². The lowest BCUT2D eigenvalue weighted by atomic mass is 9.99. The molecule has 2 fully saturated rings. The van der Waals surface area contributed by atoms with Gasteiger partial charge in [0, 0.05) is 6.42 Å². The van der Waals surface area contributed by atoms with E-state index in [1.807, 2.05) is 6.92 Å². The zero-order valence-corrected chi connectivity index (χ0v) is 11.2. The van der Waals surface area contributed by atoms with Crippen molar-refractivity contribution in [1.29, 1.82) is 0 Å². The van der Waals surface area contributed by atoms with Gasteiger partial charge in [0.1, 0.15) is 0 Å². The van der Waals surface area contributed by atoms with Crippen LogP contribution in [0.2, 0.25) is 0 Å². The molecule has 1 atom stereocenters.